The van der Waals surface area contributed by atoms with E-state index < -0.39 is 0 Å². The third kappa shape index (κ3) is 4.38. The van der Waals surface area contributed by atoms with Crippen LogP contribution in [0.5, 0.6) is 0 Å². The second-order valence-corrected chi connectivity index (χ2v) is 7.03. The number of aromatic nitrogens is 2. The summed E-state index contributed by atoms with van der Waals surface area (Å²) >= 11 is 3.42. The number of hydrogen-bond acceptors (Lipinski definition) is 3. The van der Waals surface area contributed by atoms with Crippen LogP contribution in [0, 0.1) is 0 Å². The van der Waals surface area contributed by atoms with Crippen molar-refractivity contribution in [3.05, 3.63) is 74.7 Å². The van der Waals surface area contributed by atoms with Gasteiger partial charge in [-0.05, 0) is 36.2 Å². The quantitative estimate of drug-likeness (QED) is 0.643. The molecule has 0 aliphatic heterocycles. The Morgan fingerprint density at radius 2 is 1.92 bits per heavy atom. The second kappa shape index (κ2) is 8.27. The van der Waals surface area contributed by atoms with Gasteiger partial charge < -0.3 is 10.3 Å². The lowest BCUT2D eigenvalue weighted by Gasteiger charge is -2.17. The molecule has 0 saturated carbocycles. The van der Waals surface area contributed by atoms with E-state index in [0.29, 0.717) is 23.1 Å². The third-order valence-corrected chi connectivity index (χ3v) is 4.80. The van der Waals surface area contributed by atoms with E-state index in [1.165, 1.54) is 0 Å². The number of H-pyrrole nitrogens is 1. The molecule has 6 heteroatoms. The number of aromatic amines is 1. The largest absolute Gasteiger partial charge is 0.349 e. The molecular formula is C20H20BrN3O2. The predicted molar refractivity (Wildman–Crippen MR) is 106 cm³/mol. The lowest BCUT2D eigenvalue weighted by molar-refractivity contribution is -0.121. The topological polar surface area (TPSA) is 74.8 Å². The molecule has 0 radical (unpaired) electrons. The van der Waals surface area contributed by atoms with E-state index in [4.69, 9.17) is 0 Å². The van der Waals surface area contributed by atoms with Gasteiger partial charge in [0.05, 0.1) is 16.9 Å². The van der Waals surface area contributed by atoms with Crippen molar-refractivity contribution in [1.82, 2.24) is 15.3 Å². The fourth-order valence-electron chi connectivity index (χ4n) is 2.87. The highest BCUT2D eigenvalue weighted by Crippen LogP contribution is 2.19. The van der Waals surface area contributed by atoms with Crippen molar-refractivity contribution in [2.45, 2.75) is 32.2 Å². The van der Waals surface area contributed by atoms with Crippen molar-refractivity contribution in [2.75, 3.05) is 0 Å². The van der Waals surface area contributed by atoms with E-state index in [9.17, 15) is 9.59 Å². The van der Waals surface area contributed by atoms with Crippen LogP contribution in [0.4, 0.5) is 0 Å². The molecule has 1 amide bonds. The molecule has 0 saturated heterocycles. The van der Waals surface area contributed by atoms with Crippen molar-refractivity contribution < 1.29 is 4.79 Å². The number of carbonyl (C=O) groups is 1. The number of benzene rings is 2. The van der Waals surface area contributed by atoms with Gasteiger partial charge in [-0.25, -0.2) is 4.98 Å². The molecule has 1 unspecified atom stereocenters. The minimum atomic E-state index is -0.174. The maximum atomic E-state index is 12.3. The summed E-state index contributed by atoms with van der Waals surface area (Å²) in [7, 11) is 0. The van der Waals surface area contributed by atoms with E-state index in [1.54, 1.807) is 18.2 Å². The lowest BCUT2D eigenvalue weighted by Crippen LogP contribution is -2.28. The first kappa shape index (κ1) is 18.3. The standard InChI is InChI=1S/C20H20BrN3O2/c1-2-16(13-7-9-14(21)10-8-13)23-19(25)12-11-18-22-17-6-4-3-5-15(17)20(26)24-18/h3-10,16H,2,11-12H2,1H3,(H,23,25)(H,22,24,26). The Morgan fingerprint density at radius 3 is 2.65 bits per heavy atom. The molecule has 0 spiro atoms. The van der Waals surface area contributed by atoms with E-state index in [2.05, 4.69) is 31.2 Å². The van der Waals surface area contributed by atoms with E-state index in [-0.39, 0.29) is 23.9 Å². The van der Waals surface area contributed by atoms with Gasteiger partial charge >= 0.3 is 0 Å². The van der Waals surface area contributed by atoms with E-state index in [0.717, 1.165) is 16.5 Å². The number of amides is 1. The Hall–Kier alpha value is -2.47. The number of halogens is 1. The number of fused-ring (bicyclic) bond motifs is 1. The van der Waals surface area contributed by atoms with Crippen LogP contribution in [0.2, 0.25) is 0 Å². The number of carbonyl (C=O) groups excluding carboxylic acids is 1. The molecule has 2 N–H and O–H groups in total. The van der Waals surface area contributed by atoms with Gasteiger partial charge in [-0.1, -0.05) is 47.1 Å². The van der Waals surface area contributed by atoms with E-state index in [1.807, 2.05) is 37.3 Å². The number of rotatable bonds is 6. The number of nitrogens with zero attached hydrogens (tertiary/aromatic N) is 1. The average Bonchev–Trinajstić information content (AvgIpc) is 2.65. The first-order chi connectivity index (χ1) is 12.6. The zero-order valence-corrected chi connectivity index (χ0v) is 16.0. The number of para-hydroxylation sites is 1. The molecule has 1 atom stereocenters. The van der Waals surface area contributed by atoms with Crippen LogP contribution in [0.25, 0.3) is 10.9 Å². The maximum Gasteiger partial charge on any atom is 0.258 e. The minimum absolute atomic E-state index is 0.0285. The van der Waals surface area contributed by atoms with Crippen molar-refractivity contribution in [3.8, 4) is 0 Å². The fourth-order valence-corrected chi connectivity index (χ4v) is 3.13. The van der Waals surface area contributed by atoms with Gasteiger partial charge in [-0.2, -0.15) is 0 Å². The molecule has 3 rings (SSSR count). The summed E-state index contributed by atoms with van der Waals surface area (Å²) in [6.07, 6.45) is 1.47. The van der Waals surface area contributed by atoms with Gasteiger partial charge in [0.1, 0.15) is 5.82 Å². The summed E-state index contributed by atoms with van der Waals surface area (Å²) in [5.41, 5.74) is 1.54. The minimum Gasteiger partial charge on any atom is -0.349 e. The van der Waals surface area contributed by atoms with Crippen molar-refractivity contribution in [3.63, 3.8) is 0 Å². The molecule has 0 bridgehead atoms. The van der Waals surface area contributed by atoms with Gasteiger partial charge in [0.25, 0.3) is 5.56 Å². The van der Waals surface area contributed by atoms with Crippen LogP contribution in [-0.4, -0.2) is 15.9 Å². The van der Waals surface area contributed by atoms with Crippen LogP contribution in [0.3, 0.4) is 0 Å². The van der Waals surface area contributed by atoms with Crippen LogP contribution < -0.4 is 10.9 Å². The van der Waals surface area contributed by atoms with Gasteiger partial charge in [0.15, 0.2) is 0 Å². The van der Waals surface area contributed by atoms with Gasteiger partial charge in [-0.3, -0.25) is 9.59 Å². The van der Waals surface area contributed by atoms with Crippen LogP contribution >= 0.6 is 15.9 Å². The Bertz CT molecular complexity index is 967. The second-order valence-electron chi connectivity index (χ2n) is 6.11. The predicted octanol–water partition coefficient (Wildman–Crippen LogP) is 3.89. The normalized spacial score (nSPS) is 12.1. The molecule has 0 aliphatic carbocycles. The maximum absolute atomic E-state index is 12.3. The summed E-state index contributed by atoms with van der Waals surface area (Å²) < 4.78 is 1.01. The fraction of sp³-hybridized carbons (Fsp3) is 0.250. The Kier molecular flexibility index (Phi) is 5.83. The number of hydrogen-bond donors (Lipinski definition) is 2. The Labute approximate surface area is 160 Å². The third-order valence-electron chi connectivity index (χ3n) is 4.27. The smallest absolute Gasteiger partial charge is 0.258 e. The highest BCUT2D eigenvalue weighted by molar-refractivity contribution is 9.10. The highest BCUT2D eigenvalue weighted by atomic mass is 79.9. The summed E-state index contributed by atoms with van der Waals surface area (Å²) in [5.74, 6) is 0.469. The van der Waals surface area contributed by atoms with Crippen molar-refractivity contribution >= 4 is 32.7 Å². The van der Waals surface area contributed by atoms with Crippen LogP contribution in [0.15, 0.2) is 57.8 Å². The Morgan fingerprint density at radius 1 is 1.19 bits per heavy atom. The zero-order valence-electron chi connectivity index (χ0n) is 14.5. The lowest BCUT2D eigenvalue weighted by atomic mass is 10.0. The first-order valence-electron chi connectivity index (χ1n) is 8.59. The van der Waals surface area contributed by atoms with Gasteiger partial charge in [0, 0.05) is 17.3 Å². The molecule has 1 aromatic heterocycles. The number of nitrogens with one attached hydrogen (secondary N) is 2. The molecular weight excluding hydrogens is 394 g/mol. The zero-order chi connectivity index (χ0) is 18.5. The first-order valence-corrected chi connectivity index (χ1v) is 9.39. The summed E-state index contributed by atoms with van der Waals surface area (Å²) in [6, 6.07) is 15.1. The molecule has 1 heterocycles. The average molecular weight is 414 g/mol. The SMILES string of the molecule is CCC(NC(=O)CCc1nc2ccccc2c(=O)[nH]1)c1ccc(Br)cc1. The summed E-state index contributed by atoms with van der Waals surface area (Å²) in [4.78, 5) is 31.6. The van der Waals surface area contributed by atoms with Crippen LogP contribution in [-0.2, 0) is 11.2 Å². The Balaban J connectivity index is 1.65. The molecule has 26 heavy (non-hydrogen) atoms. The van der Waals surface area contributed by atoms with Gasteiger partial charge in [0.2, 0.25) is 5.91 Å². The molecule has 0 fully saturated rings. The van der Waals surface area contributed by atoms with Crippen LogP contribution in [0.1, 0.15) is 37.2 Å². The monoisotopic (exact) mass is 413 g/mol. The number of aryl methyl sites for hydroxylation is 1. The van der Waals surface area contributed by atoms with E-state index >= 15 is 0 Å². The van der Waals surface area contributed by atoms with Gasteiger partial charge in [-0.15, -0.1) is 0 Å². The summed E-state index contributed by atoms with van der Waals surface area (Å²) in [6.45, 7) is 2.04. The molecule has 3 aromatic rings. The molecule has 2 aromatic carbocycles. The highest BCUT2D eigenvalue weighted by Gasteiger charge is 2.13. The molecule has 0 aliphatic rings. The molecule has 134 valence electrons. The van der Waals surface area contributed by atoms with Crippen molar-refractivity contribution in [2.24, 2.45) is 0 Å². The van der Waals surface area contributed by atoms with Crippen molar-refractivity contribution in [1.29, 1.82) is 0 Å². The summed E-state index contributed by atoms with van der Waals surface area (Å²) in [5, 5.41) is 3.61. The molecule has 5 nitrogen and oxygen atoms in total.